The number of carbonyl (C=O) groups is 1. The van der Waals surface area contributed by atoms with Crippen molar-refractivity contribution in [3.8, 4) is 0 Å². The quantitative estimate of drug-likeness (QED) is 0.784. The summed E-state index contributed by atoms with van der Waals surface area (Å²) >= 11 is 0. The molecule has 1 N–H and O–H groups in total. The molecular formula is C12H14N2O. The Bertz CT molecular complexity index is 359. The maximum Gasteiger partial charge on any atom is 0.232 e. The van der Waals surface area contributed by atoms with Crippen LogP contribution in [-0.2, 0) is 4.79 Å². The van der Waals surface area contributed by atoms with Crippen molar-refractivity contribution in [3.05, 3.63) is 30.3 Å². The summed E-state index contributed by atoms with van der Waals surface area (Å²) in [6.07, 6.45) is 3.67. The average Bonchev–Trinajstić information content (AvgIpc) is 2.31. The smallest absolute Gasteiger partial charge is 0.232 e. The standard InChI is InChI=1S/C12H14N2O/c15-12(10-5-4-8-13-9-10)14-11-6-2-1-3-7-11/h1-3,6-7,9-10H,4-5,8H2,(H,14,15). The van der Waals surface area contributed by atoms with E-state index in [1.54, 1.807) is 6.21 Å². The summed E-state index contributed by atoms with van der Waals surface area (Å²) in [5, 5.41) is 2.88. The van der Waals surface area contributed by atoms with Gasteiger partial charge in [0.1, 0.15) is 0 Å². The van der Waals surface area contributed by atoms with Gasteiger partial charge in [0.2, 0.25) is 5.91 Å². The molecule has 0 bridgehead atoms. The fraction of sp³-hybridized carbons (Fsp3) is 0.333. The number of rotatable bonds is 2. The highest BCUT2D eigenvalue weighted by Crippen LogP contribution is 2.13. The lowest BCUT2D eigenvalue weighted by atomic mass is 10.0. The molecule has 1 aliphatic heterocycles. The Hall–Kier alpha value is -1.64. The summed E-state index contributed by atoms with van der Waals surface area (Å²) in [4.78, 5) is 15.9. The monoisotopic (exact) mass is 202 g/mol. The predicted octanol–water partition coefficient (Wildman–Crippen LogP) is 2.11. The van der Waals surface area contributed by atoms with Gasteiger partial charge in [-0.15, -0.1) is 0 Å². The summed E-state index contributed by atoms with van der Waals surface area (Å²) in [6.45, 7) is 0.856. The molecule has 1 aliphatic rings. The largest absolute Gasteiger partial charge is 0.326 e. The SMILES string of the molecule is O=C(Nc1ccccc1)C1C=NCCC1. The van der Waals surface area contributed by atoms with Crippen LogP contribution in [0.25, 0.3) is 0 Å². The molecule has 1 aromatic rings. The van der Waals surface area contributed by atoms with E-state index in [1.165, 1.54) is 0 Å². The molecule has 0 aromatic heterocycles. The molecule has 2 rings (SSSR count). The molecule has 0 aliphatic carbocycles. The van der Waals surface area contributed by atoms with Gasteiger partial charge in [0.05, 0.1) is 5.92 Å². The maximum absolute atomic E-state index is 11.8. The fourth-order valence-corrected chi connectivity index (χ4v) is 1.63. The number of para-hydroxylation sites is 1. The van der Waals surface area contributed by atoms with Crippen LogP contribution in [0.15, 0.2) is 35.3 Å². The molecule has 15 heavy (non-hydrogen) atoms. The Morgan fingerprint density at radius 3 is 2.80 bits per heavy atom. The third kappa shape index (κ3) is 2.65. The maximum atomic E-state index is 11.8. The first-order valence-electron chi connectivity index (χ1n) is 5.22. The van der Waals surface area contributed by atoms with Gasteiger partial charge in [-0.25, -0.2) is 0 Å². The minimum atomic E-state index is -0.0565. The van der Waals surface area contributed by atoms with E-state index in [0.29, 0.717) is 0 Å². The highest BCUT2D eigenvalue weighted by atomic mass is 16.1. The summed E-state index contributed by atoms with van der Waals surface area (Å²) in [7, 11) is 0. The van der Waals surface area contributed by atoms with Gasteiger partial charge in [0, 0.05) is 18.4 Å². The minimum absolute atomic E-state index is 0.0460. The number of benzene rings is 1. The first-order valence-corrected chi connectivity index (χ1v) is 5.22. The normalized spacial score (nSPS) is 19.9. The number of aliphatic imine (C=N–C) groups is 1. The van der Waals surface area contributed by atoms with Crippen molar-refractivity contribution < 1.29 is 4.79 Å². The molecule has 78 valence electrons. The summed E-state index contributed by atoms with van der Waals surface area (Å²) in [5.41, 5.74) is 0.849. The predicted molar refractivity (Wildman–Crippen MR) is 61.2 cm³/mol. The zero-order valence-electron chi connectivity index (χ0n) is 8.52. The highest BCUT2D eigenvalue weighted by molar-refractivity contribution is 6.01. The Morgan fingerprint density at radius 1 is 1.33 bits per heavy atom. The molecular weight excluding hydrogens is 188 g/mol. The van der Waals surface area contributed by atoms with Crippen LogP contribution in [-0.4, -0.2) is 18.7 Å². The molecule has 1 amide bonds. The number of anilines is 1. The third-order valence-corrected chi connectivity index (χ3v) is 2.47. The second-order valence-corrected chi connectivity index (χ2v) is 3.66. The molecule has 0 saturated carbocycles. The van der Waals surface area contributed by atoms with E-state index in [4.69, 9.17) is 0 Å². The Labute approximate surface area is 89.2 Å². The van der Waals surface area contributed by atoms with E-state index in [9.17, 15) is 4.79 Å². The second kappa shape index (κ2) is 4.73. The van der Waals surface area contributed by atoms with Gasteiger partial charge in [0.15, 0.2) is 0 Å². The van der Waals surface area contributed by atoms with Crippen LogP contribution >= 0.6 is 0 Å². The molecule has 3 heteroatoms. The number of hydrogen-bond donors (Lipinski definition) is 1. The Morgan fingerprint density at radius 2 is 2.13 bits per heavy atom. The van der Waals surface area contributed by atoms with Gasteiger partial charge < -0.3 is 5.32 Å². The van der Waals surface area contributed by atoms with Crippen LogP contribution in [0, 0.1) is 5.92 Å². The van der Waals surface area contributed by atoms with Crippen LogP contribution in [0.2, 0.25) is 0 Å². The van der Waals surface area contributed by atoms with E-state index in [-0.39, 0.29) is 11.8 Å². The third-order valence-electron chi connectivity index (χ3n) is 2.47. The summed E-state index contributed by atoms with van der Waals surface area (Å²) in [5.74, 6) is -0.0105. The number of nitrogens with zero attached hydrogens (tertiary/aromatic N) is 1. The Kier molecular flexibility index (Phi) is 3.12. The van der Waals surface area contributed by atoms with E-state index in [2.05, 4.69) is 10.3 Å². The van der Waals surface area contributed by atoms with Crippen molar-refractivity contribution in [3.63, 3.8) is 0 Å². The number of carbonyl (C=O) groups excluding carboxylic acids is 1. The molecule has 0 radical (unpaired) electrons. The highest BCUT2D eigenvalue weighted by Gasteiger charge is 2.17. The minimum Gasteiger partial charge on any atom is -0.326 e. The van der Waals surface area contributed by atoms with Crippen LogP contribution in [0.4, 0.5) is 5.69 Å². The zero-order valence-corrected chi connectivity index (χ0v) is 8.52. The topological polar surface area (TPSA) is 41.5 Å². The van der Waals surface area contributed by atoms with Crippen LogP contribution in [0.1, 0.15) is 12.8 Å². The van der Waals surface area contributed by atoms with Crippen molar-refractivity contribution in [1.29, 1.82) is 0 Å². The van der Waals surface area contributed by atoms with E-state index >= 15 is 0 Å². The summed E-state index contributed by atoms with van der Waals surface area (Å²) in [6, 6.07) is 9.52. The number of nitrogens with one attached hydrogen (secondary N) is 1. The van der Waals surface area contributed by atoms with Crippen molar-refractivity contribution in [2.45, 2.75) is 12.8 Å². The zero-order chi connectivity index (χ0) is 10.5. The first-order chi connectivity index (χ1) is 7.36. The molecule has 1 heterocycles. The molecule has 3 nitrogen and oxygen atoms in total. The van der Waals surface area contributed by atoms with Crippen LogP contribution < -0.4 is 5.32 Å². The van der Waals surface area contributed by atoms with E-state index in [1.807, 2.05) is 30.3 Å². The van der Waals surface area contributed by atoms with Gasteiger partial charge >= 0.3 is 0 Å². The molecule has 1 atom stereocenters. The number of hydrogen-bond acceptors (Lipinski definition) is 2. The molecule has 0 spiro atoms. The van der Waals surface area contributed by atoms with E-state index < -0.39 is 0 Å². The first kappa shape index (κ1) is 9.90. The van der Waals surface area contributed by atoms with Crippen molar-refractivity contribution in [2.75, 3.05) is 11.9 Å². The van der Waals surface area contributed by atoms with Gasteiger partial charge in [0.25, 0.3) is 0 Å². The number of amides is 1. The average molecular weight is 202 g/mol. The Balaban J connectivity index is 1.97. The molecule has 1 unspecified atom stereocenters. The summed E-state index contributed by atoms with van der Waals surface area (Å²) < 4.78 is 0. The van der Waals surface area contributed by atoms with Crippen LogP contribution in [0.5, 0.6) is 0 Å². The van der Waals surface area contributed by atoms with Gasteiger partial charge in [-0.1, -0.05) is 18.2 Å². The molecule has 0 fully saturated rings. The second-order valence-electron chi connectivity index (χ2n) is 3.66. The van der Waals surface area contributed by atoms with Crippen LogP contribution in [0.3, 0.4) is 0 Å². The van der Waals surface area contributed by atoms with Crippen molar-refractivity contribution in [1.82, 2.24) is 0 Å². The van der Waals surface area contributed by atoms with Crippen molar-refractivity contribution in [2.24, 2.45) is 10.9 Å². The van der Waals surface area contributed by atoms with E-state index in [0.717, 1.165) is 25.1 Å². The van der Waals surface area contributed by atoms with Gasteiger partial charge in [-0.05, 0) is 25.0 Å². The van der Waals surface area contributed by atoms with Crippen molar-refractivity contribution >= 4 is 17.8 Å². The lowest BCUT2D eigenvalue weighted by Crippen LogP contribution is -2.26. The van der Waals surface area contributed by atoms with Gasteiger partial charge in [-0.3, -0.25) is 9.79 Å². The molecule has 1 aromatic carbocycles. The lowest BCUT2D eigenvalue weighted by molar-refractivity contribution is -0.118. The van der Waals surface area contributed by atoms with Gasteiger partial charge in [-0.2, -0.15) is 0 Å². The lowest BCUT2D eigenvalue weighted by Gasteiger charge is -2.15. The molecule has 0 saturated heterocycles. The fourth-order valence-electron chi connectivity index (χ4n) is 1.63.